The van der Waals surface area contributed by atoms with Crippen LogP contribution in [0.5, 0.6) is 0 Å². The van der Waals surface area contributed by atoms with Gasteiger partial charge in [-0.2, -0.15) is 0 Å². The van der Waals surface area contributed by atoms with Crippen molar-refractivity contribution < 1.29 is 4.39 Å². The number of hydrogen-bond donors (Lipinski definition) is 1. The Morgan fingerprint density at radius 3 is 2.76 bits per heavy atom. The summed E-state index contributed by atoms with van der Waals surface area (Å²) in [5.41, 5.74) is 7.94. The van der Waals surface area contributed by atoms with Crippen molar-refractivity contribution >= 4 is 0 Å². The van der Waals surface area contributed by atoms with Crippen LogP contribution >= 0.6 is 0 Å². The molecule has 0 unspecified atom stereocenters. The molecule has 0 saturated heterocycles. The lowest BCUT2D eigenvalue weighted by atomic mass is 10.2. The largest absolute Gasteiger partial charge is 0.330 e. The molecule has 1 aromatic heterocycles. The number of nitrogens with two attached hydrogens (primary N) is 1. The highest BCUT2D eigenvalue weighted by Crippen LogP contribution is 2.17. The Morgan fingerprint density at radius 1 is 1.24 bits per heavy atom. The van der Waals surface area contributed by atoms with Crippen LogP contribution in [0.25, 0.3) is 11.4 Å². The number of aryl methyl sites for hydroxylation is 1. The number of benzene rings is 1. The highest BCUT2D eigenvalue weighted by atomic mass is 19.1. The average Bonchev–Trinajstić information content (AvgIpc) is 2.28. The molecule has 0 radical (unpaired) electrons. The van der Waals surface area contributed by atoms with E-state index in [9.17, 15) is 4.39 Å². The molecule has 88 valence electrons. The van der Waals surface area contributed by atoms with Gasteiger partial charge in [-0.3, -0.25) is 0 Å². The van der Waals surface area contributed by atoms with Gasteiger partial charge in [0.25, 0.3) is 0 Å². The lowest BCUT2D eigenvalue weighted by molar-refractivity contribution is 0.628. The SMILES string of the molecule is Cc1cc(CCN)nc(-c2cccc(F)c2)n1. The smallest absolute Gasteiger partial charge is 0.159 e. The quantitative estimate of drug-likeness (QED) is 0.880. The molecule has 17 heavy (non-hydrogen) atoms. The lowest BCUT2D eigenvalue weighted by Crippen LogP contribution is -2.06. The van der Waals surface area contributed by atoms with Crippen molar-refractivity contribution in [1.82, 2.24) is 9.97 Å². The van der Waals surface area contributed by atoms with Gasteiger partial charge in [0.1, 0.15) is 5.82 Å². The van der Waals surface area contributed by atoms with Gasteiger partial charge in [0.15, 0.2) is 5.82 Å². The lowest BCUT2D eigenvalue weighted by Gasteiger charge is -2.05. The summed E-state index contributed by atoms with van der Waals surface area (Å²) in [5, 5.41) is 0. The second-order valence-electron chi connectivity index (χ2n) is 3.87. The van der Waals surface area contributed by atoms with Crippen molar-refractivity contribution in [3.05, 3.63) is 47.5 Å². The van der Waals surface area contributed by atoms with Gasteiger partial charge in [-0.1, -0.05) is 12.1 Å². The van der Waals surface area contributed by atoms with E-state index in [0.29, 0.717) is 24.4 Å². The van der Waals surface area contributed by atoms with E-state index in [0.717, 1.165) is 11.4 Å². The number of hydrogen-bond acceptors (Lipinski definition) is 3. The third kappa shape index (κ3) is 2.85. The van der Waals surface area contributed by atoms with E-state index in [1.54, 1.807) is 12.1 Å². The molecule has 2 aromatic rings. The zero-order valence-electron chi connectivity index (χ0n) is 9.65. The fourth-order valence-corrected chi connectivity index (χ4v) is 1.67. The monoisotopic (exact) mass is 231 g/mol. The van der Waals surface area contributed by atoms with Gasteiger partial charge >= 0.3 is 0 Å². The minimum atomic E-state index is -0.284. The molecule has 0 bridgehead atoms. The first-order chi connectivity index (χ1) is 8.19. The number of nitrogens with zero attached hydrogens (tertiary/aromatic N) is 2. The van der Waals surface area contributed by atoms with E-state index in [-0.39, 0.29) is 5.82 Å². The van der Waals surface area contributed by atoms with E-state index < -0.39 is 0 Å². The molecule has 0 aliphatic rings. The molecule has 2 N–H and O–H groups in total. The predicted octanol–water partition coefficient (Wildman–Crippen LogP) is 2.09. The molecule has 0 fully saturated rings. The first-order valence-corrected chi connectivity index (χ1v) is 5.49. The van der Waals surface area contributed by atoms with Crippen molar-refractivity contribution in [3.63, 3.8) is 0 Å². The summed E-state index contributed by atoms with van der Waals surface area (Å²) < 4.78 is 13.1. The fourth-order valence-electron chi connectivity index (χ4n) is 1.67. The second-order valence-corrected chi connectivity index (χ2v) is 3.87. The Kier molecular flexibility index (Phi) is 3.44. The summed E-state index contributed by atoms with van der Waals surface area (Å²) >= 11 is 0. The first-order valence-electron chi connectivity index (χ1n) is 5.49. The summed E-state index contributed by atoms with van der Waals surface area (Å²) in [6.45, 7) is 2.43. The molecular weight excluding hydrogens is 217 g/mol. The zero-order valence-corrected chi connectivity index (χ0v) is 9.65. The van der Waals surface area contributed by atoms with Crippen molar-refractivity contribution in [1.29, 1.82) is 0 Å². The van der Waals surface area contributed by atoms with Crippen LogP contribution in [0.3, 0.4) is 0 Å². The molecule has 0 amide bonds. The topological polar surface area (TPSA) is 51.8 Å². The van der Waals surface area contributed by atoms with Crippen LogP contribution in [-0.2, 0) is 6.42 Å². The maximum Gasteiger partial charge on any atom is 0.159 e. The van der Waals surface area contributed by atoms with E-state index in [1.807, 2.05) is 13.0 Å². The Labute approximate surface area is 99.5 Å². The minimum absolute atomic E-state index is 0.284. The first kappa shape index (κ1) is 11.7. The molecule has 4 heteroatoms. The predicted molar refractivity (Wildman–Crippen MR) is 64.9 cm³/mol. The number of aromatic nitrogens is 2. The van der Waals surface area contributed by atoms with Crippen LogP contribution in [0.2, 0.25) is 0 Å². The van der Waals surface area contributed by atoms with Crippen LogP contribution in [0.1, 0.15) is 11.4 Å². The summed E-state index contributed by atoms with van der Waals surface area (Å²) in [6, 6.07) is 8.18. The molecule has 1 heterocycles. The molecule has 1 aromatic carbocycles. The molecule has 0 aliphatic heterocycles. The summed E-state index contributed by atoms with van der Waals surface area (Å²) in [7, 11) is 0. The van der Waals surface area contributed by atoms with Crippen molar-refractivity contribution in [2.24, 2.45) is 5.73 Å². The second kappa shape index (κ2) is 5.01. The maximum atomic E-state index is 13.1. The van der Waals surface area contributed by atoms with Crippen LogP contribution in [0, 0.1) is 12.7 Å². The van der Waals surface area contributed by atoms with Gasteiger partial charge in [0, 0.05) is 23.4 Å². The molecule has 0 saturated carbocycles. The minimum Gasteiger partial charge on any atom is -0.330 e. The van der Waals surface area contributed by atoms with Crippen molar-refractivity contribution in [3.8, 4) is 11.4 Å². The van der Waals surface area contributed by atoms with E-state index >= 15 is 0 Å². The number of rotatable bonds is 3. The molecule has 0 aliphatic carbocycles. The van der Waals surface area contributed by atoms with Gasteiger partial charge in [0.05, 0.1) is 0 Å². The third-order valence-electron chi connectivity index (χ3n) is 2.39. The maximum absolute atomic E-state index is 13.1. The van der Waals surface area contributed by atoms with E-state index in [2.05, 4.69) is 9.97 Å². The van der Waals surface area contributed by atoms with Gasteiger partial charge in [0.2, 0.25) is 0 Å². The Balaban J connectivity index is 2.44. The van der Waals surface area contributed by atoms with Gasteiger partial charge < -0.3 is 5.73 Å². The summed E-state index contributed by atoms with van der Waals surface area (Å²) in [5.74, 6) is 0.265. The fraction of sp³-hybridized carbons (Fsp3) is 0.231. The standard InChI is InChI=1S/C13H14FN3/c1-9-7-12(5-6-15)17-13(16-9)10-3-2-4-11(14)8-10/h2-4,7-8H,5-6,15H2,1H3. The molecule has 0 spiro atoms. The zero-order chi connectivity index (χ0) is 12.3. The van der Waals surface area contributed by atoms with Gasteiger partial charge in [-0.25, -0.2) is 14.4 Å². The number of halogens is 1. The normalized spacial score (nSPS) is 10.5. The Hall–Kier alpha value is -1.81. The highest BCUT2D eigenvalue weighted by molar-refractivity contribution is 5.55. The summed E-state index contributed by atoms with van der Waals surface area (Å²) in [6.07, 6.45) is 0.700. The molecule has 0 atom stereocenters. The molecule has 2 rings (SSSR count). The van der Waals surface area contributed by atoms with Gasteiger partial charge in [-0.15, -0.1) is 0 Å². The van der Waals surface area contributed by atoms with E-state index in [1.165, 1.54) is 12.1 Å². The highest BCUT2D eigenvalue weighted by Gasteiger charge is 2.05. The Bertz CT molecular complexity index is 526. The van der Waals surface area contributed by atoms with Crippen LogP contribution in [0.15, 0.2) is 30.3 Å². The van der Waals surface area contributed by atoms with Crippen molar-refractivity contribution in [2.45, 2.75) is 13.3 Å². The van der Waals surface area contributed by atoms with Crippen LogP contribution < -0.4 is 5.73 Å². The molecular formula is C13H14FN3. The third-order valence-corrected chi connectivity index (χ3v) is 2.39. The molecule has 3 nitrogen and oxygen atoms in total. The summed E-state index contributed by atoms with van der Waals surface area (Å²) in [4.78, 5) is 8.69. The van der Waals surface area contributed by atoms with Crippen molar-refractivity contribution in [2.75, 3.05) is 6.54 Å². The van der Waals surface area contributed by atoms with Gasteiger partial charge in [-0.05, 0) is 31.7 Å². The Morgan fingerprint density at radius 2 is 2.06 bits per heavy atom. The van der Waals surface area contributed by atoms with E-state index in [4.69, 9.17) is 5.73 Å². The van der Waals surface area contributed by atoms with Crippen LogP contribution in [-0.4, -0.2) is 16.5 Å². The van der Waals surface area contributed by atoms with Crippen LogP contribution in [0.4, 0.5) is 4.39 Å². The average molecular weight is 231 g/mol.